The van der Waals surface area contributed by atoms with Crippen molar-refractivity contribution in [2.75, 3.05) is 13.2 Å². The van der Waals surface area contributed by atoms with Gasteiger partial charge in [0, 0.05) is 19.3 Å². The first kappa shape index (κ1) is 78.1. The fraction of sp³-hybridized carbons (Fsp3) is 0.724. The number of carbonyl (C=O) groups excluding carboxylic acids is 3. The van der Waals surface area contributed by atoms with Crippen LogP contribution in [0.2, 0.25) is 0 Å². The fourth-order valence-corrected chi connectivity index (χ4v) is 9.86. The van der Waals surface area contributed by atoms with Crippen molar-refractivity contribution in [2.24, 2.45) is 0 Å². The molecule has 6 nitrogen and oxygen atoms in total. The summed E-state index contributed by atoms with van der Waals surface area (Å²) >= 11 is 0. The first-order valence-electron chi connectivity index (χ1n) is 34.9. The number of esters is 3. The van der Waals surface area contributed by atoms with E-state index in [1.807, 2.05) is 0 Å². The summed E-state index contributed by atoms with van der Waals surface area (Å²) < 4.78 is 16.8. The Bertz CT molecular complexity index is 1640. The van der Waals surface area contributed by atoms with E-state index in [0.717, 1.165) is 103 Å². The van der Waals surface area contributed by atoms with E-state index in [0.29, 0.717) is 19.3 Å². The molecule has 0 rings (SSSR count). The van der Waals surface area contributed by atoms with Crippen molar-refractivity contribution in [2.45, 2.75) is 341 Å². The van der Waals surface area contributed by atoms with E-state index in [1.54, 1.807) is 0 Å². The van der Waals surface area contributed by atoms with Crippen LogP contribution in [0.3, 0.4) is 0 Å². The Hall–Kier alpha value is -3.93. The molecule has 82 heavy (non-hydrogen) atoms. The molecular formula is C76H130O6. The molecule has 1 unspecified atom stereocenters. The average Bonchev–Trinajstić information content (AvgIpc) is 3.47. The molecule has 0 radical (unpaired) electrons. The SMILES string of the molecule is CC/C=C\C/C=C\C/C=C\C/C=C\C/C=C\C/C=C\C/C=C\C/C=C\C/C=C\CCCC(=O)OCC(COC(=O)CCCCCCCCCC)OC(=O)CCCCCCCCCCCCCCCCCCCCCCCCCCCCC. The molecule has 0 aromatic heterocycles. The molecule has 0 aliphatic rings. The third kappa shape index (κ3) is 66.9. The van der Waals surface area contributed by atoms with E-state index in [1.165, 1.54) is 186 Å². The van der Waals surface area contributed by atoms with Crippen molar-refractivity contribution in [1.82, 2.24) is 0 Å². The quantitative estimate of drug-likeness (QED) is 0.0261. The summed E-state index contributed by atoms with van der Waals surface area (Å²) in [6.45, 7) is 6.48. The molecule has 0 aromatic rings. The third-order valence-electron chi connectivity index (χ3n) is 15.0. The number of rotatable bonds is 63. The van der Waals surface area contributed by atoms with Gasteiger partial charge in [0.1, 0.15) is 13.2 Å². The number of allylic oxidation sites excluding steroid dienone is 18. The molecule has 0 amide bonds. The monoisotopic (exact) mass is 1140 g/mol. The second kappa shape index (κ2) is 69.6. The molecule has 470 valence electrons. The minimum Gasteiger partial charge on any atom is -0.462 e. The zero-order chi connectivity index (χ0) is 59.2. The largest absolute Gasteiger partial charge is 0.462 e. The van der Waals surface area contributed by atoms with Crippen LogP contribution in [-0.4, -0.2) is 37.2 Å². The van der Waals surface area contributed by atoms with Crippen LogP contribution < -0.4 is 0 Å². The van der Waals surface area contributed by atoms with Crippen LogP contribution in [0.25, 0.3) is 0 Å². The molecule has 0 bridgehead atoms. The Balaban J connectivity index is 4.23. The van der Waals surface area contributed by atoms with Crippen LogP contribution >= 0.6 is 0 Å². The second-order valence-electron chi connectivity index (χ2n) is 23.1. The highest BCUT2D eigenvalue weighted by Gasteiger charge is 2.19. The zero-order valence-electron chi connectivity index (χ0n) is 54.0. The first-order chi connectivity index (χ1) is 40.5. The minimum atomic E-state index is -0.800. The molecule has 0 aromatic carbocycles. The van der Waals surface area contributed by atoms with E-state index in [9.17, 15) is 14.4 Å². The van der Waals surface area contributed by atoms with Gasteiger partial charge in [-0.05, 0) is 83.5 Å². The molecule has 1 atom stereocenters. The van der Waals surface area contributed by atoms with Gasteiger partial charge in [-0.25, -0.2) is 0 Å². The first-order valence-corrected chi connectivity index (χ1v) is 34.9. The van der Waals surface area contributed by atoms with Gasteiger partial charge in [-0.3, -0.25) is 14.4 Å². The highest BCUT2D eigenvalue weighted by molar-refractivity contribution is 5.71. The van der Waals surface area contributed by atoms with Gasteiger partial charge in [0.15, 0.2) is 6.10 Å². The third-order valence-corrected chi connectivity index (χ3v) is 15.0. The minimum absolute atomic E-state index is 0.0933. The number of hydrogen-bond acceptors (Lipinski definition) is 6. The Kier molecular flexibility index (Phi) is 66.2. The summed E-state index contributed by atoms with van der Waals surface area (Å²) in [6.07, 6.45) is 95.8. The van der Waals surface area contributed by atoms with Crippen LogP contribution in [0.15, 0.2) is 109 Å². The molecular weight excluding hydrogens is 1010 g/mol. The number of carbonyl (C=O) groups is 3. The van der Waals surface area contributed by atoms with Gasteiger partial charge in [0.2, 0.25) is 0 Å². The normalized spacial score (nSPS) is 12.8. The second-order valence-corrected chi connectivity index (χ2v) is 23.1. The molecule has 0 heterocycles. The summed E-state index contributed by atoms with van der Waals surface area (Å²) in [5, 5.41) is 0. The Morgan fingerprint density at radius 3 is 0.744 bits per heavy atom. The van der Waals surface area contributed by atoms with Crippen molar-refractivity contribution < 1.29 is 28.6 Å². The van der Waals surface area contributed by atoms with E-state index in [-0.39, 0.29) is 37.5 Å². The summed E-state index contributed by atoms with van der Waals surface area (Å²) in [4.78, 5) is 38.2. The molecule has 0 aliphatic heterocycles. The molecule has 0 saturated carbocycles. The van der Waals surface area contributed by atoms with Crippen molar-refractivity contribution in [3.05, 3.63) is 109 Å². The number of ether oxygens (including phenoxy) is 3. The lowest BCUT2D eigenvalue weighted by molar-refractivity contribution is -0.167. The van der Waals surface area contributed by atoms with Crippen LogP contribution in [0.5, 0.6) is 0 Å². The van der Waals surface area contributed by atoms with E-state index >= 15 is 0 Å². The smallest absolute Gasteiger partial charge is 0.306 e. The van der Waals surface area contributed by atoms with Gasteiger partial charge in [-0.1, -0.05) is 342 Å². The van der Waals surface area contributed by atoms with Gasteiger partial charge >= 0.3 is 17.9 Å². The van der Waals surface area contributed by atoms with Gasteiger partial charge in [-0.15, -0.1) is 0 Å². The van der Waals surface area contributed by atoms with E-state index in [2.05, 4.69) is 130 Å². The predicted octanol–water partition coefficient (Wildman–Crippen LogP) is 24.2. The highest BCUT2D eigenvalue weighted by Crippen LogP contribution is 2.18. The summed E-state index contributed by atoms with van der Waals surface area (Å²) in [6, 6.07) is 0. The van der Waals surface area contributed by atoms with E-state index in [4.69, 9.17) is 14.2 Å². The molecule has 0 fully saturated rings. The highest BCUT2D eigenvalue weighted by atomic mass is 16.6. The fourth-order valence-electron chi connectivity index (χ4n) is 9.86. The molecule has 0 spiro atoms. The van der Waals surface area contributed by atoms with Crippen LogP contribution in [0, 0.1) is 0 Å². The van der Waals surface area contributed by atoms with Gasteiger partial charge in [-0.2, -0.15) is 0 Å². The average molecular weight is 1140 g/mol. The topological polar surface area (TPSA) is 78.9 Å². The maximum absolute atomic E-state index is 12.9. The lowest BCUT2D eigenvalue weighted by atomic mass is 10.0. The number of hydrogen-bond donors (Lipinski definition) is 0. The lowest BCUT2D eigenvalue weighted by Crippen LogP contribution is -2.30. The standard InChI is InChI=1S/C76H130O6/c1-4-7-10-13-16-19-21-23-25-27-29-31-33-35-37-38-40-41-43-45-47-49-51-53-55-57-60-63-66-69-75(78)81-72-73(71-80-74(77)68-65-62-59-18-15-12-9-6-3)82-76(79)70-67-64-61-58-56-54-52-50-48-46-44-42-39-36-34-32-30-28-26-24-22-20-17-14-11-8-5-2/h7,10,16,19,23,25,29,31,35,37,40-41,45,47,51,53,57,60,73H,4-6,8-9,11-15,17-18,20-22,24,26-28,30,32-34,36,38-39,42-44,46,48-50,52,54-56,58-59,61-72H2,1-3H3/b10-7-,19-16-,25-23-,31-29-,37-35-,41-40-,47-45-,53-51-,60-57-. The molecule has 0 aliphatic carbocycles. The Morgan fingerprint density at radius 2 is 0.476 bits per heavy atom. The van der Waals surface area contributed by atoms with Crippen LogP contribution in [0.4, 0.5) is 0 Å². The van der Waals surface area contributed by atoms with Crippen molar-refractivity contribution in [3.8, 4) is 0 Å². The Morgan fingerprint density at radius 1 is 0.256 bits per heavy atom. The molecule has 0 saturated heterocycles. The lowest BCUT2D eigenvalue weighted by Gasteiger charge is -2.18. The molecule has 6 heteroatoms. The van der Waals surface area contributed by atoms with Crippen molar-refractivity contribution in [3.63, 3.8) is 0 Å². The van der Waals surface area contributed by atoms with Crippen molar-refractivity contribution >= 4 is 17.9 Å². The summed E-state index contributed by atoms with van der Waals surface area (Å²) in [5.74, 6) is -0.948. The van der Waals surface area contributed by atoms with Gasteiger partial charge in [0.25, 0.3) is 0 Å². The molecule has 0 N–H and O–H groups in total. The van der Waals surface area contributed by atoms with Gasteiger partial charge < -0.3 is 14.2 Å². The summed E-state index contributed by atoms with van der Waals surface area (Å²) in [5.41, 5.74) is 0. The van der Waals surface area contributed by atoms with Crippen LogP contribution in [0.1, 0.15) is 335 Å². The zero-order valence-corrected chi connectivity index (χ0v) is 54.0. The number of unbranched alkanes of at least 4 members (excludes halogenated alkanes) is 34. The predicted molar refractivity (Wildman–Crippen MR) is 357 cm³/mol. The van der Waals surface area contributed by atoms with Crippen molar-refractivity contribution in [1.29, 1.82) is 0 Å². The Labute approximate surface area is 508 Å². The summed E-state index contributed by atoms with van der Waals surface area (Å²) in [7, 11) is 0. The van der Waals surface area contributed by atoms with Gasteiger partial charge in [0.05, 0.1) is 0 Å². The van der Waals surface area contributed by atoms with E-state index < -0.39 is 6.10 Å². The maximum Gasteiger partial charge on any atom is 0.306 e. The maximum atomic E-state index is 12.9. The van der Waals surface area contributed by atoms with Crippen LogP contribution in [-0.2, 0) is 28.6 Å².